The van der Waals surface area contributed by atoms with Gasteiger partial charge in [-0.3, -0.25) is 19.9 Å². The number of nitrogens with zero attached hydrogens (tertiary/aromatic N) is 4. The summed E-state index contributed by atoms with van der Waals surface area (Å²) in [6, 6.07) is 11.4. The maximum absolute atomic E-state index is 14.0. The normalized spacial score (nSPS) is 11.5. The van der Waals surface area contributed by atoms with Crippen LogP contribution in [0.25, 0.3) is 55.7 Å². The van der Waals surface area contributed by atoms with Crippen LogP contribution in [0.1, 0.15) is 20.3 Å². The van der Waals surface area contributed by atoms with Crippen LogP contribution in [-0.2, 0) is 4.79 Å². The minimum absolute atomic E-state index is 0.0651. The highest BCUT2D eigenvalue weighted by Crippen LogP contribution is 2.35. The SMILES string of the molecule is CC(C)CC(=O)Nc1cncc(-c2cc3c(-c4cc5c(-c6cc(O)cc(F)c6)ccnc5[nH]4)n[nH]c3cn2)c1. The molecule has 194 valence electrons. The second kappa shape index (κ2) is 9.64. The number of rotatable bonds is 6. The molecular formula is C29H24FN7O2. The lowest BCUT2D eigenvalue weighted by Crippen LogP contribution is -2.13. The molecule has 0 aliphatic rings. The van der Waals surface area contributed by atoms with E-state index in [1.54, 1.807) is 30.9 Å². The number of phenols is 1. The average Bonchev–Trinajstić information content (AvgIpc) is 3.51. The quantitative estimate of drug-likeness (QED) is 0.211. The monoisotopic (exact) mass is 521 g/mol. The van der Waals surface area contributed by atoms with Crippen molar-refractivity contribution in [1.29, 1.82) is 0 Å². The molecular weight excluding hydrogens is 497 g/mol. The molecule has 1 aromatic carbocycles. The molecule has 1 amide bonds. The summed E-state index contributed by atoms with van der Waals surface area (Å²) in [6.07, 6.45) is 7.06. The Morgan fingerprint density at radius 1 is 1.03 bits per heavy atom. The minimum atomic E-state index is -0.526. The van der Waals surface area contributed by atoms with E-state index in [1.165, 1.54) is 12.1 Å². The lowest BCUT2D eigenvalue weighted by Gasteiger charge is -2.08. The largest absolute Gasteiger partial charge is 0.508 e. The lowest BCUT2D eigenvalue weighted by molar-refractivity contribution is -0.116. The molecule has 0 radical (unpaired) electrons. The van der Waals surface area contributed by atoms with Crippen molar-refractivity contribution in [3.8, 4) is 39.5 Å². The van der Waals surface area contributed by atoms with Gasteiger partial charge in [-0.25, -0.2) is 9.37 Å². The molecule has 0 saturated carbocycles. The van der Waals surface area contributed by atoms with Gasteiger partial charge in [-0.2, -0.15) is 5.10 Å². The highest BCUT2D eigenvalue weighted by atomic mass is 19.1. The summed E-state index contributed by atoms with van der Waals surface area (Å²) < 4.78 is 14.0. The standard InChI is InChI=1S/C29H24FN7O2/c1-15(2)5-27(39)34-19-7-17(12-31-13-19)24-11-23-26(14-33-24)36-37-28(23)25-10-22-21(3-4-32-29(22)35-25)16-6-18(30)9-20(38)8-16/h3-4,6-15,38H,5H2,1-2H3,(H,32,35)(H,34,39)(H,36,37). The molecule has 0 bridgehead atoms. The van der Waals surface area contributed by atoms with E-state index in [0.717, 1.165) is 33.5 Å². The fourth-order valence-electron chi connectivity index (χ4n) is 4.65. The number of halogens is 1. The molecule has 5 heterocycles. The number of hydrogen-bond donors (Lipinski definition) is 4. The molecule has 0 spiro atoms. The molecule has 0 aliphatic heterocycles. The molecule has 5 aromatic heterocycles. The number of pyridine rings is 3. The predicted molar refractivity (Wildman–Crippen MR) is 147 cm³/mol. The zero-order valence-electron chi connectivity index (χ0n) is 21.2. The molecule has 0 saturated heterocycles. The number of aromatic nitrogens is 6. The van der Waals surface area contributed by atoms with Crippen molar-refractivity contribution in [2.24, 2.45) is 5.92 Å². The Bertz CT molecular complexity index is 1840. The number of carbonyl (C=O) groups is 1. The van der Waals surface area contributed by atoms with E-state index < -0.39 is 5.82 Å². The molecule has 0 fully saturated rings. The summed E-state index contributed by atoms with van der Waals surface area (Å²) in [5.74, 6) is -0.490. The number of nitrogens with one attached hydrogen (secondary N) is 3. The van der Waals surface area contributed by atoms with Gasteiger partial charge in [-0.15, -0.1) is 0 Å². The van der Waals surface area contributed by atoms with Crippen LogP contribution in [0.15, 0.2) is 67.3 Å². The molecule has 6 aromatic rings. The summed E-state index contributed by atoms with van der Waals surface area (Å²) in [6.45, 7) is 3.98. The zero-order valence-corrected chi connectivity index (χ0v) is 21.2. The number of benzene rings is 1. The Labute approximate surface area is 222 Å². The molecule has 0 atom stereocenters. The number of anilines is 1. The number of aromatic amines is 2. The van der Waals surface area contributed by atoms with Crippen LogP contribution >= 0.6 is 0 Å². The molecule has 4 N–H and O–H groups in total. The van der Waals surface area contributed by atoms with Crippen LogP contribution in [-0.4, -0.2) is 41.1 Å². The highest BCUT2D eigenvalue weighted by molar-refractivity contribution is 6.00. The number of carbonyl (C=O) groups excluding carboxylic acids is 1. The third-order valence-corrected chi connectivity index (χ3v) is 6.34. The summed E-state index contributed by atoms with van der Waals surface area (Å²) in [5, 5.41) is 21.9. The van der Waals surface area contributed by atoms with E-state index >= 15 is 0 Å². The van der Waals surface area contributed by atoms with Gasteiger partial charge in [0.1, 0.15) is 22.9 Å². The number of fused-ring (bicyclic) bond motifs is 2. The first-order valence-electron chi connectivity index (χ1n) is 12.4. The molecule has 10 heteroatoms. The summed E-state index contributed by atoms with van der Waals surface area (Å²) >= 11 is 0. The molecule has 6 rings (SSSR count). The lowest BCUT2D eigenvalue weighted by atomic mass is 10.0. The van der Waals surface area contributed by atoms with Gasteiger partial charge >= 0.3 is 0 Å². The highest BCUT2D eigenvalue weighted by Gasteiger charge is 2.16. The number of aromatic hydroxyl groups is 1. The Morgan fingerprint density at radius 2 is 1.90 bits per heavy atom. The van der Waals surface area contributed by atoms with E-state index in [1.807, 2.05) is 32.0 Å². The second-order valence-electron chi connectivity index (χ2n) is 9.80. The van der Waals surface area contributed by atoms with E-state index in [2.05, 4.69) is 35.5 Å². The average molecular weight is 522 g/mol. The third-order valence-electron chi connectivity index (χ3n) is 6.34. The van der Waals surface area contributed by atoms with Crippen molar-refractivity contribution >= 4 is 33.5 Å². The Morgan fingerprint density at radius 3 is 2.72 bits per heavy atom. The summed E-state index contributed by atoms with van der Waals surface area (Å²) in [5.41, 5.74) is 6.00. The maximum Gasteiger partial charge on any atom is 0.224 e. The number of hydrogen-bond acceptors (Lipinski definition) is 6. The van der Waals surface area contributed by atoms with E-state index in [-0.39, 0.29) is 17.6 Å². The fourth-order valence-corrected chi connectivity index (χ4v) is 4.65. The van der Waals surface area contributed by atoms with Crippen molar-refractivity contribution in [3.05, 3.63) is 73.1 Å². The van der Waals surface area contributed by atoms with Crippen molar-refractivity contribution in [2.75, 3.05) is 5.32 Å². The first-order chi connectivity index (χ1) is 18.8. The Kier molecular flexibility index (Phi) is 5.99. The molecule has 39 heavy (non-hydrogen) atoms. The minimum Gasteiger partial charge on any atom is -0.508 e. The van der Waals surface area contributed by atoms with Crippen LogP contribution in [0.3, 0.4) is 0 Å². The van der Waals surface area contributed by atoms with Crippen LogP contribution in [0.5, 0.6) is 5.75 Å². The topological polar surface area (TPSA) is 132 Å². The van der Waals surface area contributed by atoms with Crippen molar-refractivity contribution in [1.82, 2.24) is 30.1 Å². The van der Waals surface area contributed by atoms with Gasteiger partial charge in [0.05, 0.1) is 35.0 Å². The fraction of sp³-hybridized carbons (Fsp3) is 0.138. The van der Waals surface area contributed by atoms with Gasteiger partial charge < -0.3 is 15.4 Å². The van der Waals surface area contributed by atoms with Crippen LogP contribution in [0, 0.1) is 11.7 Å². The van der Waals surface area contributed by atoms with Crippen LogP contribution in [0.2, 0.25) is 0 Å². The van der Waals surface area contributed by atoms with Gasteiger partial charge in [0.25, 0.3) is 0 Å². The van der Waals surface area contributed by atoms with Gasteiger partial charge in [0, 0.05) is 41.2 Å². The molecule has 0 unspecified atom stereocenters. The first-order valence-corrected chi connectivity index (χ1v) is 12.4. The zero-order chi connectivity index (χ0) is 27.1. The Hall–Kier alpha value is -5.12. The van der Waals surface area contributed by atoms with Crippen molar-refractivity contribution in [3.63, 3.8) is 0 Å². The van der Waals surface area contributed by atoms with Gasteiger partial charge in [0.15, 0.2) is 0 Å². The third kappa shape index (κ3) is 4.79. The molecule has 9 nitrogen and oxygen atoms in total. The second-order valence-corrected chi connectivity index (χ2v) is 9.80. The number of amides is 1. The van der Waals surface area contributed by atoms with Gasteiger partial charge in [-0.1, -0.05) is 13.8 Å². The van der Waals surface area contributed by atoms with Gasteiger partial charge in [-0.05, 0) is 53.4 Å². The van der Waals surface area contributed by atoms with Crippen LogP contribution < -0.4 is 5.32 Å². The summed E-state index contributed by atoms with van der Waals surface area (Å²) in [7, 11) is 0. The predicted octanol–water partition coefficient (Wildman–Crippen LogP) is 6.06. The summed E-state index contributed by atoms with van der Waals surface area (Å²) in [4.78, 5) is 28.8. The van der Waals surface area contributed by atoms with E-state index in [9.17, 15) is 14.3 Å². The van der Waals surface area contributed by atoms with E-state index in [0.29, 0.717) is 40.4 Å². The maximum atomic E-state index is 14.0. The van der Waals surface area contributed by atoms with Crippen molar-refractivity contribution < 1.29 is 14.3 Å². The number of phenolic OH excluding ortho intramolecular Hbond substituents is 1. The number of H-pyrrole nitrogens is 2. The van der Waals surface area contributed by atoms with Gasteiger partial charge in [0.2, 0.25) is 5.91 Å². The van der Waals surface area contributed by atoms with Crippen LogP contribution in [0.4, 0.5) is 10.1 Å². The smallest absolute Gasteiger partial charge is 0.224 e. The first kappa shape index (κ1) is 24.2. The Balaban J connectivity index is 1.39. The van der Waals surface area contributed by atoms with Crippen molar-refractivity contribution in [2.45, 2.75) is 20.3 Å². The molecule has 0 aliphatic carbocycles. The van der Waals surface area contributed by atoms with E-state index in [4.69, 9.17) is 0 Å².